The molecular weight excluding hydrogens is 407 g/mol. The van der Waals surface area contributed by atoms with Gasteiger partial charge in [-0.1, -0.05) is 34.8 Å². The van der Waals surface area contributed by atoms with Crippen LogP contribution < -0.4 is 4.74 Å². The molecule has 0 bridgehead atoms. The summed E-state index contributed by atoms with van der Waals surface area (Å²) in [7, 11) is 0. The van der Waals surface area contributed by atoms with Gasteiger partial charge in [0.25, 0.3) is 0 Å². The molecule has 2 aromatic carbocycles. The van der Waals surface area contributed by atoms with E-state index in [1.807, 2.05) is 13.0 Å². The van der Waals surface area contributed by atoms with Gasteiger partial charge in [-0.15, -0.1) is 0 Å². The number of ether oxygens (including phenoxy) is 1. The van der Waals surface area contributed by atoms with Gasteiger partial charge in [0.05, 0.1) is 10.0 Å². The number of ketones is 1. The number of benzene rings is 2. The molecule has 1 heterocycles. The van der Waals surface area contributed by atoms with Gasteiger partial charge in [-0.25, -0.2) is 0 Å². The van der Waals surface area contributed by atoms with Crippen LogP contribution in [0.5, 0.6) is 5.75 Å². The van der Waals surface area contributed by atoms with E-state index in [-0.39, 0.29) is 12.4 Å². The molecule has 3 nitrogen and oxygen atoms in total. The molecular formula is C21H15Cl3O3. The van der Waals surface area contributed by atoms with Crippen LogP contribution in [0.15, 0.2) is 59.0 Å². The molecule has 0 aliphatic carbocycles. The van der Waals surface area contributed by atoms with Gasteiger partial charge < -0.3 is 9.15 Å². The Bertz CT molecular complexity index is 1010. The van der Waals surface area contributed by atoms with Gasteiger partial charge in [0.2, 0.25) is 0 Å². The lowest BCUT2D eigenvalue weighted by Gasteiger charge is -2.05. The highest BCUT2D eigenvalue weighted by molar-refractivity contribution is 6.42. The molecule has 1 aromatic heterocycles. The number of carbonyl (C=O) groups excluding carboxylic acids is 1. The standard InChI is InChI=1S/C21H15Cl3O3/c1-13-10-16(5-8-18(13)22)26-12-17-4-3-15(27-17)6-9-21(25)14-2-7-19(23)20(24)11-14/h2-11H,12H2,1H3/b9-6+. The van der Waals surface area contributed by atoms with Gasteiger partial charge in [0.15, 0.2) is 5.78 Å². The van der Waals surface area contributed by atoms with E-state index in [1.54, 1.807) is 42.5 Å². The van der Waals surface area contributed by atoms with Gasteiger partial charge >= 0.3 is 0 Å². The molecule has 27 heavy (non-hydrogen) atoms. The Morgan fingerprint density at radius 1 is 1.00 bits per heavy atom. The molecule has 0 atom stereocenters. The molecule has 0 spiro atoms. The Kier molecular flexibility index (Phi) is 6.27. The van der Waals surface area contributed by atoms with Crippen LogP contribution in [0, 0.1) is 6.92 Å². The first-order valence-electron chi connectivity index (χ1n) is 8.07. The summed E-state index contributed by atoms with van der Waals surface area (Å²) in [6.07, 6.45) is 3.02. The molecule has 0 aliphatic rings. The minimum Gasteiger partial charge on any atom is -0.486 e. The maximum atomic E-state index is 12.2. The molecule has 0 amide bonds. The Balaban J connectivity index is 1.61. The van der Waals surface area contributed by atoms with Crippen molar-refractivity contribution < 1.29 is 13.9 Å². The molecule has 0 saturated carbocycles. The van der Waals surface area contributed by atoms with Crippen LogP contribution in [0.2, 0.25) is 15.1 Å². The monoisotopic (exact) mass is 420 g/mol. The van der Waals surface area contributed by atoms with Crippen LogP contribution in [-0.4, -0.2) is 5.78 Å². The van der Waals surface area contributed by atoms with E-state index in [4.69, 9.17) is 44.0 Å². The number of aryl methyl sites for hydroxylation is 1. The zero-order valence-electron chi connectivity index (χ0n) is 14.3. The molecule has 6 heteroatoms. The molecule has 0 radical (unpaired) electrons. The molecule has 3 rings (SSSR count). The predicted octanol–water partition coefficient (Wildman–Crippen LogP) is 7.02. The van der Waals surface area contributed by atoms with E-state index in [0.29, 0.717) is 37.9 Å². The summed E-state index contributed by atoms with van der Waals surface area (Å²) in [5.74, 6) is 1.71. The van der Waals surface area contributed by atoms with E-state index >= 15 is 0 Å². The first kappa shape index (κ1) is 19.6. The maximum Gasteiger partial charge on any atom is 0.186 e. The highest BCUT2D eigenvalue weighted by Gasteiger charge is 2.07. The average molecular weight is 422 g/mol. The number of carbonyl (C=O) groups is 1. The smallest absolute Gasteiger partial charge is 0.186 e. The number of hydrogen-bond donors (Lipinski definition) is 0. The molecule has 0 saturated heterocycles. The van der Waals surface area contributed by atoms with Crippen LogP contribution >= 0.6 is 34.8 Å². The number of rotatable bonds is 6. The van der Waals surface area contributed by atoms with Crippen molar-refractivity contribution in [3.05, 3.63) is 92.3 Å². The second-order valence-corrected chi connectivity index (χ2v) is 7.05. The van der Waals surface area contributed by atoms with Crippen molar-refractivity contribution in [2.24, 2.45) is 0 Å². The van der Waals surface area contributed by atoms with Crippen molar-refractivity contribution in [2.45, 2.75) is 13.5 Å². The Labute approximate surface area is 172 Å². The fourth-order valence-corrected chi connectivity index (χ4v) is 2.74. The Hall–Kier alpha value is -2.20. The molecule has 0 aliphatic heterocycles. The molecule has 3 aromatic rings. The van der Waals surface area contributed by atoms with Crippen molar-refractivity contribution >= 4 is 46.7 Å². The summed E-state index contributed by atoms with van der Waals surface area (Å²) < 4.78 is 11.3. The summed E-state index contributed by atoms with van der Waals surface area (Å²) in [5.41, 5.74) is 1.40. The third kappa shape index (κ3) is 5.16. The van der Waals surface area contributed by atoms with Crippen molar-refractivity contribution in [3.8, 4) is 5.75 Å². The number of hydrogen-bond acceptors (Lipinski definition) is 3. The third-order valence-electron chi connectivity index (χ3n) is 3.80. The molecule has 138 valence electrons. The first-order chi connectivity index (χ1) is 12.9. The highest BCUT2D eigenvalue weighted by Crippen LogP contribution is 2.24. The van der Waals surface area contributed by atoms with E-state index in [0.717, 1.165) is 5.56 Å². The molecule has 0 N–H and O–H groups in total. The second-order valence-electron chi connectivity index (χ2n) is 5.83. The summed E-state index contributed by atoms with van der Waals surface area (Å²) in [5, 5.41) is 1.44. The van der Waals surface area contributed by atoms with E-state index in [2.05, 4.69) is 0 Å². The van der Waals surface area contributed by atoms with Gasteiger partial charge in [0.1, 0.15) is 23.9 Å². The Morgan fingerprint density at radius 3 is 2.52 bits per heavy atom. The minimum absolute atomic E-state index is 0.195. The van der Waals surface area contributed by atoms with Gasteiger partial charge in [0, 0.05) is 10.6 Å². The molecule has 0 fully saturated rings. The number of allylic oxidation sites excluding steroid dienone is 1. The highest BCUT2D eigenvalue weighted by atomic mass is 35.5. The lowest BCUT2D eigenvalue weighted by atomic mass is 10.1. The SMILES string of the molecule is Cc1cc(OCc2ccc(/C=C/C(=O)c3ccc(Cl)c(Cl)c3)o2)ccc1Cl. The summed E-state index contributed by atoms with van der Waals surface area (Å²) >= 11 is 17.8. The quantitative estimate of drug-likeness (QED) is 0.317. The molecule has 0 unspecified atom stereocenters. The predicted molar refractivity (Wildman–Crippen MR) is 109 cm³/mol. The second kappa shape index (κ2) is 8.66. The first-order valence-corrected chi connectivity index (χ1v) is 9.21. The van der Waals surface area contributed by atoms with Crippen molar-refractivity contribution in [3.63, 3.8) is 0 Å². The zero-order chi connectivity index (χ0) is 19.4. The van der Waals surface area contributed by atoms with Gasteiger partial charge in [-0.3, -0.25) is 4.79 Å². The van der Waals surface area contributed by atoms with Crippen molar-refractivity contribution in [2.75, 3.05) is 0 Å². The van der Waals surface area contributed by atoms with Crippen molar-refractivity contribution in [1.29, 1.82) is 0 Å². The van der Waals surface area contributed by atoms with Crippen LogP contribution in [-0.2, 0) is 6.61 Å². The lowest BCUT2D eigenvalue weighted by Crippen LogP contribution is -1.94. The van der Waals surface area contributed by atoms with Crippen LogP contribution in [0.1, 0.15) is 27.4 Å². The summed E-state index contributed by atoms with van der Waals surface area (Å²) in [6.45, 7) is 2.19. The number of furan rings is 1. The minimum atomic E-state index is -0.195. The Morgan fingerprint density at radius 2 is 1.78 bits per heavy atom. The maximum absolute atomic E-state index is 12.2. The van der Waals surface area contributed by atoms with Gasteiger partial charge in [-0.05, 0) is 73.2 Å². The van der Waals surface area contributed by atoms with E-state index in [1.165, 1.54) is 12.1 Å². The summed E-state index contributed by atoms with van der Waals surface area (Å²) in [6, 6.07) is 13.8. The lowest BCUT2D eigenvalue weighted by molar-refractivity contribution is 0.104. The average Bonchev–Trinajstić information content (AvgIpc) is 3.11. The van der Waals surface area contributed by atoms with E-state index < -0.39 is 0 Å². The van der Waals surface area contributed by atoms with Gasteiger partial charge in [-0.2, -0.15) is 0 Å². The fraction of sp³-hybridized carbons (Fsp3) is 0.0952. The van der Waals surface area contributed by atoms with Crippen molar-refractivity contribution in [1.82, 2.24) is 0 Å². The van der Waals surface area contributed by atoms with Crippen LogP contribution in [0.25, 0.3) is 6.08 Å². The number of halogens is 3. The normalized spacial score (nSPS) is 11.1. The third-order valence-corrected chi connectivity index (χ3v) is 4.96. The largest absolute Gasteiger partial charge is 0.486 e. The fourth-order valence-electron chi connectivity index (χ4n) is 2.33. The topological polar surface area (TPSA) is 39.4 Å². The zero-order valence-corrected chi connectivity index (χ0v) is 16.6. The van der Waals surface area contributed by atoms with E-state index in [9.17, 15) is 4.79 Å². The van der Waals surface area contributed by atoms with Crippen LogP contribution in [0.4, 0.5) is 0 Å². The summed E-state index contributed by atoms with van der Waals surface area (Å²) in [4.78, 5) is 12.2. The van der Waals surface area contributed by atoms with Crippen LogP contribution in [0.3, 0.4) is 0 Å².